The molecule has 1 unspecified atom stereocenters. The van der Waals surface area contributed by atoms with Crippen LogP contribution in [0.2, 0.25) is 0 Å². The predicted molar refractivity (Wildman–Crippen MR) is 61.2 cm³/mol. The lowest BCUT2D eigenvalue weighted by atomic mass is 10.0. The summed E-state index contributed by atoms with van der Waals surface area (Å²) in [6.45, 7) is 1.42. The van der Waals surface area contributed by atoms with Gasteiger partial charge in [-0.25, -0.2) is 0 Å². The van der Waals surface area contributed by atoms with Crippen LogP contribution in [0, 0.1) is 10.1 Å². The largest absolute Gasteiger partial charge is 0.469 e. The summed E-state index contributed by atoms with van der Waals surface area (Å²) in [4.78, 5) is 31.9. The molecule has 0 fully saturated rings. The minimum Gasteiger partial charge on any atom is -0.469 e. The van der Waals surface area contributed by atoms with Gasteiger partial charge in [0.1, 0.15) is 5.78 Å². The fraction of sp³-hybridized carbons (Fsp3) is 0.818. The van der Waals surface area contributed by atoms with Crippen molar-refractivity contribution in [3.8, 4) is 0 Å². The van der Waals surface area contributed by atoms with E-state index in [9.17, 15) is 19.7 Å². The maximum atomic E-state index is 10.8. The number of carbonyl (C=O) groups is 2. The topological polar surface area (TPSA) is 86.5 Å². The SMILES string of the molecule is COC(=O)CCCCC(CCC(C)=O)[N+](=O)[O-]. The summed E-state index contributed by atoms with van der Waals surface area (Å²) < 4.78 is 4.47. The normalized spacial score (nSPS) is 11.9. The Hall–Kier alpha value is -1.46. The summed E-state index contributed by atoms with van der Waals surface area (Å²) in [5, 5.41) is 10.7. The zero-order valence-electron chi connectivity index (χ0n) is 10.3. The summed E-state index contributed by atoms with van der Waals surface area (Å²) in [5.74, 6) is -0.335. The molecule has 0 bridgehead atoms. The number of esters is 1. The first-order valence-corrected chi connectivity index (χ1v) is 5.67. The number of ketones is 1. The second-order valence-corrected chi connectivity index (χ2v) is 4.00. The molecule has 98 valence electrons. The summed E-state index contributed by atoms with van der Waals surface area (Å²) in [5.41, 5.74) is 0. The molecule has 0 saturated heterocycles. The maximum Gasteiger partial charge on any atom is 0.305 e. The summed E-state index contributed by atoms with van der Waals surface area (Å²) in [6, 6.07) is -0.684. The molecular formula is C11H19NO5. The number of ether oxygens (including phenoxy) is 1. The van der Waals surface area contributed by atoms with E-state index in [0.717, 1.165) is 0 Å². The molecule has 17 heavy (non-hydrogen) atoms. The van der Waals surface area contributed by atoms with E-state index in [0.29, 0.717) is 19.3 Å². The van der Waals surface area contributed by atoms with Crippen LogP contribution in [0.3, 0.4) is 0 Å². The van der Waals surface area contributed by atoms with E-state index in [4.69, 9.17) is 0 Å². The smallest absolute Gasteiger partial charge is 0.305 e. The predicted octanol–water partition coefficient (Wildman–Crippen LogP) is 1.73. The van der Waals surface area contributed by atoms with Crippen LogP contribution in [0.1, 0.15) is 45.4 Å². The van der Waals surface area contributed by atoms with Crippen LogP contribution < -0.4 is 0 Å². The zero-order valence-corrected chi connectivity index (χ0v) is 10.3. The van der Waals surface area contributed by atoms with Crippen LogP contribution in [0.5, 0.6) is 0 Å². The van der Waals surface area contributed by atoms with Crippen molar-refractivity contribution >= 4 is 11.8 Å². The molecule has 6 nitrogen and oxygen atoms in total. The number of carbonyl (C=O) groups excluding carboxylic acids is 2. The third-order valence-corrected chi connectivity index (χ3v) is 2.52. The van der Waals surface area contributed by atoms with Crippen LogP contribution in [-0.4, -0.2) is 29.8 Å². The summed E-state index contributed by atoms with van der Waals surface area (Å²) in [6.07, 6.45) is 2.38. The number of hydrogen-bond donors (Lipinski definition) is 0. The van der Waals surface area contributed by atoms with E-state index >= 15 is 0 Å². The third-order valence-electron chi connectivity index (χ3n) is 2.52. The molecule has 0 amide bonds. The highest BCUT2D eigenvalue weighted by molar-refractivity contribution is 5.75. The minimum absolute atomic E-state index is 0.0357. The molecule has 0 aromatic rings. The fourth-order valence-corrected chi connectivity index (χ4v) is 1.48. The lowest BCUT2D eigenvalue weighted by Gasteiger charge is -2.07. The monoisotopic (exact) mass is 245 g/mol. The van der Waals surface area contributed by atoms with Crippen molar-refractivity contribution in [1.29, 1.82) is 0 Å². The first-order chi connectivity index (χ1) is 7.97. The summed E-state index contributed by atoms with van der Waals surface area (Å²) >= 11 is 0. The number of Topliss-reactive ketones (excluding diaryl/α,β-unsaturated/α-hetero) is 1. The van der Waals surface area contributed by atoms with Crippen LogP contribution in [0.4, 0.5) is 0 Å². The van der Waals surface area contributed by atoms with Gasteiger partial charge in [0.15, 0.2) is 0 Å². The van der Waals surface area contributed by atoms with Crippen molar-refractivity contribution in [2.24, 2.45) is 0 Å². The molecule has 0 N–H and O–H groups in total. The number of nitrogens with zero attached hydrogens (tertiary/aromatic N) is 1. The molecule has 0 aliphatic heterocycles. The number of methoxy groups -OCH3 is 1. The second-order valence-electron chi connectivity index (χ2n) is 4.00. The average molecular weight is 245 g/mol. The Labute approximate surface area is 100 Å². The maximum absolute atomic E-state index is 10.8. The van der Waals surface area contributed by atoms with E-state index < -0.39 is 6.04 Å². The fourth-order valence-electron chi connectivity index (χ4n) is 1.48. The van der Waals surface area contributed by atoms with Crippen LogP contribution in [-0.2, 0) is 14.3 Å². The molecule has 0 radical (unpaired) electrons. The van der Waals surface area contributed by atoms with E-state index in [-0.39, 0.29) is 35.9 Å². The van der Waals surface area contributed by atoms with Crippen LogP contribution >= 0.6 is 0 Å². The van der Waals surface area contributed by atoms with Gasteiger partial charge >= 0.3 is 5.97 Å². The van der Waals surface area contributed by atoms with E-state index in [1.165, 1.54) is 14.0 Å². The Kier molecular flexibility index (Phi) is 7.92. The standard InChI is InChI=1S/C11H19NO5/c1-9(13)7-8-10(12(15)16)5-3-4-6-11(14)17-2/h10H,3-8H2,1-2H3. The van der Waals surface area contributed by atoms with Gasteiger partial charge in [-0.3, -0.25) is 14.9 Å². The van der Waals surface area contributed by atoms with Gasteiger partial charge in [0, 0.05) is 30.6 Å². The van der Waals surface area contributed by atoms with Crippen molar-refractivity contribution in [2.45, 2.75) is 51.5 Å². The highest BCUT2D eigenvalue weighted by Gasteiger charge is 2.19. The van der Waals surface area contributed by atoms with Crippen molar-refractivity contribution in [3.05, 3.63) is 10.1 Å². The molecule has 0 heterocycles. The number of hydrogen-bond acceptors (Lipinski definition) is 5. The van der Waals surface area contributed by atoms with Gasteiger partial charge in [0.25, 0.3) is 0 Å². The van der Waals surface area contributed by atoms with Gasteiger partial charge < -0.3 is 9.53 Å². The third kappa shape index (κ3) is 8.36. The molecule has 0 aromatic carbocycles. The van der Waals surface area contributed by atoms with E-state index in [1.54, 1.807) is 0 Å². The number of unbranched alkanes of at least 4 members (excludes halogenated alkanes) is 1. The van der Waals surface area contributed by atoms with Gasteiger partial charge in [0.05, 0.1) is 7.11 Å². The minimum atomic E-state index is -0.684. The second kappa shape index (κ2) is 8.66. The van der Waals surface area contributed by atoms with Crippen molar-refractivity contribution < 1.29 is 19.2 Å². The Bertz CT molecular complexity index is 277. The Morgan fingerprint density at radius 3 is 2.35 bits per heavy atom. The quantitative estimate of drug-likeness (QED) is 0.267. The zero-order chi connectivity index (χ0) is 13.3. The number of rotatable bonds is 9. The highest BCUT2D eigenvalue weighted by Crippen LogP contribution is 2.12. The van der Waals surface area contributed by atoms with Gasteiger partial charge in [-0.05, 0) is 19.8 Å². The first kappa shape index (κ1) is 15.5. The lowest BCUT2D eigenvalue weighted by molar-refractivity contribution is -0.524. The number of nitro groups is 1. The molecule has 1 atom stereocenters. The van der Waals surface area contributed by atoms with E-state index in [2.05, 4.69) is 4.74 Å². The van der Waals surface area contributed by atoms with Crippen molar-refractivity contribution in [2.75, 3.05) is 7.11 Å². The highest BCUT2D eigenvalue weighted by atomic mass is 16.6. The van der Waals surface area contributed by atoms with Crippen LogP contribution in [0.25, 0.3) is 0 Å². The van der Waals surface area contributed by atoms with Gasteiger partial charge in [-0.1, -0.05) is 0 Å². The molecule has 0 spiro atoms. The molecule has 0 aliphatic carbocycles. The molecule has 0 rings (SSSR count). The van der Waals surface area contributed by atoms with Gasteiger partial charge in [0.2, 0.25) is 6.04 Å². The molecular weight excluding hydrogens is 226 g/mol. The molecule has 6 heteroatoms. The van der Waals surface area contributed by atoms with E-state index in [1.807, 2.05) is 0 Å². The molecule has 0 aromatic heterocycles. The van der Waals surface area contributed by atoms with Crippen molar-refractivity contribution in [1.82, 2.24) is 0 Å². The van der Waals surface area contributed by atoms with Gasteiger partial charge in [-0.15, -0.1) is 0 Å². The Morgan fingerprint density at radius 1 is 1.24 bits per heavy atom. The first-order valence-electron chi connectivity index (χ1n) is 5.67. The average Bonchev–Trinajstić information content (AvgIpc) is 2.26. The lowest BCUT2D eigenvalue weighted by Crippen LogP contribution is -2.20. The molecule has 0 saturated carbocycles. The van der Waals surface area contributed by atoms with Gasteiger partial charge in [-0.2, -0.15) is 0 Å². The molecule has 0 aliphatic rings. The van der Waals surface area contributed by atoms with Crippen molar-refractivity contribution in [3.63, 3.8) is 0 Å². The Morgan fingerprint density at radius 2 is 1.88 bits per heavy atom. The Balaban J connectivity index is 3.81. The van der Waals surface area contributed by atoms with Crippen LogP contribution in [0.15, 0.2) is 0 Å². The summed E-state index contributed by atoms with van der Waals surface area (Å²) in [7, 11) is 1.31.